The second-order valence-electron chi connectivity index (χ2n) is 18.8. The van der Waals surface area contributed by atoms with Gasteiger partial charge in [-0.1, -0.05) is 0 Å². The van der Waals surface area contributed by atoms with Crippen molar-refractivity contribution in [3.63, 3.8) is 0 Å². The van der Waals surface area contributed by atoms with Gasteiger partial charge in [-0.05, 0) is 74.9 Å². The van der Waals surface area contributed by atoms with E-state index in [1.54, 1.807) is 49.3 Å². The summed E-state index contributed by atoms with van der Waals surface area (Å²) in [5.41, 5.74) is -0.0427. The molecule has 2 saturated heterocycles. The summed E-state index contributed by atoms with van der Waals surface area (Å²) in [6, 6.07) is 6.64. The molecule has 2 aliphatic heterocycles. The summed E-state index contributed by atoms with van der Waals surface area (Å²) in [6.07, 6.45) is 14.0. The maximum Gasteiger partial charge on any atom is 0.301 e. The van der Waals surface area contributed by atoms with E-state index in [9.17, 15) is 44.0 Å². The van der Waals surface area contributed by atoms with Crippen molar-refractivity contribution in [2.24, 2.45) is 0 Å². The molecule has 4 fully saturated rings. The van der Waals surface area contributed by atoms with Crippen LogP contribution >= 0.6 is 0 Å². The van der Waals surface area contributed by atoms with Crippen LogP contribution in [0.25, 0.3) is 44.3 Å². The van der Waals surface area contributed by atoms with Gasteiger partial charge in [-0.15, -0.1) is 0 Å². The number of carbonyl (C=O) groups is 2. The molecule has 2 aliphatic carbocycles. The molecule has 0 amide bonds. The topological polar surface area (TPSA) is 242 Å². The van der Waals surface area contributed by atoms with Crippen LogP contribution in [0.1, 0.15) is 93.9 Å². The number of carbonyl (C=O) groups excluding carboxylic acids is 2. The van der Waals surface area contributed by atoms with Crippen molar-refractivity contribution < 1.29 is 52.8 Å². The molecule has 18 nitrogen and oxygen atoms in total. The molecule has 0 radical (unpaired) electrons. The molecule has 2 atom stereocenters. The number of fused-ring (bicyclic) bond motifs is 2. The van der Waals surface area contributed by atoms with E-state index >= 15 is 8.78 Å². The molecular weight excluding hydrogens is 1040 g/mol. The number of aromatic nitrogens is 8. The molecule has 0 spiro atoms. The van der Waals surface area contributed by atoms with Crippen molar-refractivity contribution in [1.82, 2.24) is 48.5 Å². The van der Waals surface area contributed by atoms with E-state index in [1.165, 1.54) is 12.4 Å². The zero-order valence-electron chi connectivity index (χ0n) is 39.6. The maximum absolute atomic E-state index is 15.4. The number of alkyl halides is 2. The summed E-state index contributed by atoms with van der Waals surface area (Å²) in [7, 11) is -8.62. The Morgan fingerprint density at radius 3 is 1.24 bits per heavy atom. The fourth-order valence-electron chi connectivity index (χ4n) is 8.94. The van der Waals surface area contributed by atoms with E-state index in [4.69, 9.17) is 0 Å². The van der Waals surface area contributed by atoms with Gasteiger partial charge in [0, 0.05) is 132 Å². The van der Waals surface area contributed by atoms with E-state index in [0.29, 0.717) is 56.2 Å². The first-order valence-corrected chi connectivity index (χ1v) is 26.8. The maximum atomic E-state index is 15.4. The van der Waals surface area contributed by atoms with Gasteiger partial charge in [0.05, 0.1) is 22.5 Å². The minimum absolute atomic E-state index is 0.0178. The number of hydrogen-bond acceptors (Lipinski definition) is 12. The largest absolute Gasteiger partial charge is 0.345 e. The van der Waals surface area contributed by atoms with E-state index in [1.807, 2.05) is 9.44 Å². The highest BCUT2D eigenvalue weighted by Crippen LogP contribution is 2.39. The Hall–Kier alpha value is -7.68. The predicted octanol–water partition coefficient (Wildman–Crippen LogP) is 8.21. The number of ketones is 2. The first-order chi connectivity index (χ1) is 36.4. The number of nitrogens with zero attached hydrogens (tertiary/aromatic N) is 8. The molecule has 4 aliphatic rings. The Morgan fingerprint density at radius 1 is 0.526 bits per heavy atom. The summed E-state index contributed by atoms with van der Waals surface area (Å²) in [5.74, 6) is -4.76. The van der Waals surface area contributed by atoms with E-state index in [0.717, 1.165) is 70.2 Å². The summed E-state index contributed by atoms with van der Waals surface area (Å²) >= 11 is 0. The quantitative estimate of drug-likeness (QED) is 0.0595. The van der Waals surface area contributed by atoms with Gasteiger partial charge in [-0.2, -0.15) is 25.4 Å². The standard InChI is InChI=1S/2C25H21F3N6O3S/c2*26-16-5-6-34(12-16)38(36,37)33-20-4-3-19(27)21(22(20)28)23(35)18-11-32-25-17(18)7-14(8-31-25)15-9-29-24(30-10-15)13-1-2-13/h2*3-4,7-11,13,16,33H,1-2,5-6,12H2,(H,31,32)/t2*16-/m10/s1. The van der Waals surface area contributed by atoms with E-state index in [2.05, 4.69) is 39.9 Å². The fourth-order valence-corrected chi connectivity index (χ4v) is 11.5. The van der Waals surface area contributed by atoms with E-state index < -0.39 is 90.1 Å². The molecule has 6 aromatic heterocycles. The highest BCUT2D eigenvalue weighted by molar-refractivity contribution is 7.90. The number of pyridine rings is 2. The third kappa shape index (κ3) is 9.99. The normalized spacial score (nSPS) is 18.2. The molecule has 26 heteroatoms. The van der Waals surface area contributed by atoms with Crippen molar-refractivity contribution in [3.05, 3.63) is 143 Å². The fraction of sp³-hybridized carbons (Fsp3) is 0.280. The van der Waals surface area contributed by atoms with Gasteiger partial charge in [0.2, 0.25) is 11.6 Å². The van der Waals surface area contributed by atoms with Gasteiger partial charge < -0.3 is 9.97 Å². The van der Waals surface area contributed by atoms with Crippen LogP contribution in [0.5, 0.6) is 0 Å². The molecule has 0 bridgehead atoms. The summed E-state index contributed by atoms with van der Waals surface area (Å²) < 4.78 is 143. The molecule has 4 N–H and O–H groups in total. The first kappa shape index (κ1) is 50.5. The Labute approximate surface area is 428 Å². The SMILES string of the molecule is O=C(c1c(F)ccc(NS(=O)(=O)N2CC[C@@H](F)C2)c1F)c1c[nH]c2ncc(-c3cnc(C4CC4)nc3)cc12.O=C(c1c(F)ccc(NS(=O)(=O)N2CC[C@H](F)C2)c1F)c1c[nH]c2ncc(-c3cnc(C4CC4)nc3)cc12. The minimum atomic E-state index is -4.31. The van der Waals surface area contributed by atoms with Crippen molar-refractivity contribution in [3.8, 4) is 22.3 Å². The lowest BCUT2D eigenvalue weighted by Crippen LogP contribution is -2.34. The number of halogens is 6. The molecular formula is C50H42F6N12O6S2. The van der Waals surface area contributed by atoms with Gasteiger partial charge in [-0.25, -0.2) is 56.2 Å². The zero-order valence-corrected chi connectivity index (χ0v) is 41.2. The van der Waals surface area contributed by atoms with Crippen LogP contribution < -0.4 is 9.44 Å². The van der Waals surface area contributed by atoms with Crippen molar-refractivity contribution >= 4 is 65.4 Å². The Bertz CT molecular complexity index is 3590. The predicted molar refractivity (Wildman–Crippen MR) is 265 cm³/mol. The third-order valence-electron chi connectivity index (χ3n) is 13.4. The van der Waals surface area contributed by atoms with Gasteiger partial charge in [0.25, 0.3) is 0 Å². The Kier molecular flexibility index (Phi) is 13.1. The lowest BCUT2D eigenvalue weighted by Gasteiger charge is -2.18. The number of benzene rings is 2. The second kappa shape index (κ2) is 19.8. The number of aromatic amines is 2. The lowest BCUT2D eigenvalue weighted by molar-refractivity contribution is 0.102. The molecule has 2 aromatic carbocycles. The van der Waals surface area contributed by atoms with Crippen LogP contribution in [0.3, 0.4) is 0 Å². The van der Waals surface area contributed by atoms with Gasteiger partial charge in [0.1, 0.15) is 46.9 Å². The molecule has 12 rings (SSSR count). The van der Waals surface area contributed by atoms with Crippen LogP contribution in [-0.2, 0) is 20.4 Å². The highest BCUT2D eigenvalue weighted by Gasteiger charge is 2.35. The van der Waals surface area contributed by atoms with Crippen LogP contribution in [0.15, 0.2) is 86.0 Å². The molecule has 2 saturated carbocycles. The van der Waals surface area contributed by atoms with Gasteiger partial charge in [-0.3, -0.25) is 19.0 Å². The van der Waals surface area contributed by atoms with Gasteiger partial charge in [0.15, 0.2) is 11.6 Å². The number of hydrogen-bond donors (Lipinski definition) is 4. The average molecular weight is 1090 g/mol. The number of rotatable bonds is 14. The summed E-state index contributed by atoms with van der Waals surface area (Å²) in [6.45, 7) is -0.903. The Balaban J connectivity index is 0.000000162. The number of anilines is 2. The number of nitrogens with one attached hydrogen (secondary N) is 4. The second-order valence-corrected chi connectivity index (χ2v) is 22.1. The first-order valence-electron chi connectivity index (χ1n) is 23.9. The molecule has 76 heavy (non-hydrogen) atoms. The molecule has 8 heterocycles. The smallest absolute Gasteiger partial charge is 0.301 e. The molecule has 0 unspecified atom stereocenters. The van der Waals surface area contributed by atoms with Crippen molar-refractivity contribution in [2.75, 3.05) is 35.6 Å². The monoisotopic (exact) mass is 1080 g/mol. The molecule has 8 aromatic rings. The Morgan fingerprint density at radius 2 is 0.895 bits per heavy atom. The van der Waals surface area contributed by atoms with Crippen LogP contribution in [-0.4, -0.2) is 115 Å². The minimum Gasteiger partial charge on any atom is -0.345 e. The zero-order chi connectivity index (χ0) is 53.2. The lowest BCUT2D eigenvalue weighted by atomic mass is 10.0. The van der Waals surface area contributed by atoms with Crippen LogP contribution in [0.4, 0.5) is 37.7 Å². The number of H-pyrrole nitrogens is 2. The van der Waals surface area contributed by atoms with Gasteiger partial charge >= 0.3 is 20.4 Å². The van der Waals surface area contributed by atoms with Crippen LogP contribution in [0.2, 0.25) is 0 Å². The molecule has 392 valence electrons. The summed E-state index contributed by atoms with van der Waals surface area (Å²) in [5, 5.41) is 0.629. The average Bonchev–Trinajstić information content (AvgIpc) is 4.24. The van der Waals surface area contributed by atoms with Crippen molar-refractivity contribution in [1.29, 1.82) is 0 Å². The summed E-state index contributed by atoms with van der Waals surface area (Å²) in [4.78, 5) is 58.6. The highest BCUT2D eigenvalue weighted by atomic mass is 32.2. The van der Waals surface area contributed by atoms with Crippen molar-refractivity contribution in [2.45, 2.75) is 62.7 Å². The van der Waals surface area contributed by atoms with E-state index in [-0.39, 0.29) is 50.1 Å². The van der Waals surface area contributed by atoms with Crippen LogP contribution in [0, 0.1) is 23.3 Å². The third-order valence-corrected chi connectivity index (χ3v) is 16.4.